The summed E-state index contributed by atoms with van der Waals surface area (Å²) in [4.78, 5) is 2.26. The number of hydrogen-bond acceptors (Lipinski definition) is 3. The van der Waals surface area contributed by atoms with Gasteiger partial charge in [-0.2, -0.15) is 0 Å². The van der Waals surface area contributed by atoms with Crippen molar-refractivity contribution >= 4 is 0 Å². The third kappa shape index (κ3) is 5.71. The van der Waals surface area contributed by atoms with E-state index in [1.807, 2.05) is 33.0 Å². The van der Waals surface area contributed by atoms with Gasteiger partial charge < -0.3 is 10.1 Å². The largest absolute Gasteiger partial charge is 0.491 e. The lowest BCUT2D eigenvalue weighted by Crippen LogP contribution is -2.30. The Labute approximate surface area is 105 Å². The monoisotopic (exact) mass is 236 g/mol. The lowest BCUT2D eigenvalue weighted by atomic mass is 10.1. The van der Waals surface area contributed by atoms with Gasteiger partial charge in [-0.25, -0.2) is 0 Å². The maximum atomic E-state index is 5.61. The van der Waals surface area contributed by atoms with Crippen molar-refractivity contribution in [3.63, 3.8) is 0 Å². The Morgan fingerprint density at radius 3 is 2.41 bits per heavy atom. The molecular weight excluding hydrogens is 212 g/mol. The van der Waals surface area contributed by atoms with Crippen molar-refractivity contribution in [3.8, 4) is 5.75 Å². The Hall–Kier alpha value is -1.06. The van der Waals surface area contributed by atoms with Crippen LogP contribution in [0.5, 0.6) is 5.75 Å². The fourth-order valence-electron chi connectivity index (χ4n) is 1.68. The molecule has 1 aromatic rings. The molecule has 17 heavy (non-hydrogen) atoms. The zero-order chi connectivity index (χ0) is 12.7. The SMILES string of the molecule is CNCN(C)CCc1ccc(OC(C)C)cc1. The summed E-state index contributed by atoms with van der Waals surface area (Å²) in [6.45, 7) is 6.07. The molecule has 0 saturated carbocycles. The van der Waals surface area contributed by atoms with Gasteiger partial charge in [0, 0.05) is 13.2 Å². The zero-order valence-corrected chi connectivity index (χ0v) is 11.4. The molecule has 1 aromatic carbocycles. The summed E-state index contributed by atoms with van der Waals surface area (Å²) in [7, 11) is 4.08. The first-order valence-corrected chi connectivity index (χ1v) is 6.20. The Morgan fingerprint density at radius 2 is 1.88 bits per heavy atom. The Balaban J connectivity index is 2.40. The van der Waals surface area contributed by atoms with Crippen molar-refractivity contribution in [1.82, 2.24) is 10.2 Å². The van der Waals surface area contributed by atoms with Crippen LogP contribution < -0.4 is 10.1 Å². The molecule has 0 aliphatic heterocycles. The quantitative estimate of drug-likeness (QED) is 0.734. The van der Waals surface area contributed by atoms with Crippen molar-refractivity contribution in [2.75, 3.05) is 27.3 Å². The van der Waals surface area contributed by atoms with Gasteiger partial charge in [-0.3, -0.25) is 4.90 Å². The third-order valence-corrected chi connectivity index (χ3v) is 2.51. The molecule has 0 saturated heterocycles. The van der Waals surface area contributed by atoms with Crippen LogP contribution in [-0.4, -0.2) is 38.3 Å². The van der Waals surface area contributed by atoms with E-state index in [-0.39, 0.29) is 6.10 Å². The van der Waals surface area contributed by atoms with Crippen molar-refractivity contribution in [3.05, 3.63) is 29.8 Å². The number of nitrogens with zero attached hydrogens (tertiary/aromatic N) is 1. The van der Waals surface area contributed by atoms with E-state index in [0.29, 0.717) is 0 Å². The highest BCUT2D eigenvalue weighted by Gasteiger charge is 2.00. The van der Waals surface area contributed by atoms with Gasteiger partial charge in [0.25, 0.3) is 0 Å². The number of benzene rings is 1. The van der Waals surface area contributed by atoms with Gasteiger partial charge in [-0.1, -0.05) is 12.1 Å². The van der Waals surface area contributed by atoms with Crippen molar-refractivity contribution in [2.45, 2.75) is 26.4 Å². The molecule has 0 atom stereocenters. The molecule has 0 spiro atoms. The number of rotatable bonds is 7. The second-order valence-corrected chi connectivity index (χ2v) is 4.65. The van der Waals surface area contributed by atoms with Gasteiger partial charge in [-0.05, 0) is 52.1 Å². The first-order valence-electron chi connectivity index (χ1n) is 6.20. The predicted octanol–water partition coefficient (Wildman–Crippen LogP) is 2.12. The number of ether oxygens (including phenoxy) is 1. The molecule has 0 fully saturated rings. The smallest absolute Gasteiger partial charge is 0.119 e. The molecule has 3 nitrogen and oxygen atoms in total. The Bertz CT molecular complexity index is 309. The molecule has 3 heteroatoms. The lowest BCUT2D eigenvalue weighted by molar-refractivity contribution is 0.242. The molecule has 0 heterocycles. The maximum absolute atomic E-state index is 5.61. The van der Waals surface area contributed by atoms with Crippen LogP contribution in [0.3, 0.4) is 0 Å². The summed E-state index contributed by atoms with van der Waals surface area (Å²) in [6.07, 6.45) is 1.31. The van der Waals surface area contributed by atoms with E-state index in [4.69, 9.17) is 4.74 Å². The highest BCUT2D eigenvalue weighted by molar-refractivity contribution is 5.27. The first-order chi connectivity index (χ1) is 8.11. The van der Waals surface area contributed by atoms with Crippen molar-refractivity contribution in [1.29, 1.82) is 0 Å². The van der Waals surface area contributed by atoms with Gasteiger partial charge in [0.15, 0.2) is 0 Å². The van der Waals surface area contributed by atoms with E-state index in [0.717, 1.165) is 25.4 Å². The van der Waals surface area contributed by atoms with Crippen LogP contribution in [0.1, 0.15) is 19.4 Å². The molecule has 0 radical (unpaired) electrons. The fraction of sp³-hybridized carbons (Fsp3) is 0.571. The topological polar surface area (TPSA) is 24.5 Å². The van der Waals surface area contributed by atoms with E-state index < -0.39 is 0 Å². The van der Waals surface area contributed by atoms with Gasteiger partial charge in [0.05, 0.1) is 6.10 Å². The van der Waals surface area contributed by atoms with E-state index in [1.54, 1.807) is 0 Å². The number of hydrogen-bond donors (Lipinski definition) is 1. The Kier molecular flexibility index (Phi) is 6.01. The third-order valence-electron chi connectivity index (χ3n) is 2.51. The first kappa shape index (κ1) is 14.0. The fourth-order valence-corrected chi connectivity index (χ4v) is 1.68. The molecule has 96 valence electrons. The molecular formula is C14H24N2O. The van der Waals surface area contributed by atoms with Gasteiger partial charge in [-0.15, -0.1) is 0 Å². The molecule has 0 bridgehead atoms. The molecule has 0 amide bonds. The van der Waals surface area contributed by atoms with Gasteiger partial charge >= 0.3 is 0 Å². The predicted molar refractivity (Wildman–Crippen MR) is 72.5 cm³/mol. The maximum Gasteiger partial charge on any atom is 0.119 e. The lowest BCUT2D eigenvalue weighted by Gasteiger charge is -2.16. The van der Waals surface area contributed by atoms with E-state index in [9.17, 15) is 0 Å². The second-order valence-electron chi connectivity index (χ2n) is 4.65. The van der Waals surface area contributed by atoms with Crippen LogP contribution in [-0.2, 0) is 6.42 Å². The number of likely N-dealkylation sites (N-methyl/N-ethyl adjacent to an activating group) is 1. The highest BCUT2D eigenvalue weighted by atomic mass is 16.5. The minimum Gasteiger partial charge on any atom is -0.491 e. The van der Waals surface area contributed by atoms with Crippen molar-refractivity contribution in [2.24, 2.45) is 0 Å². The summed E-state index contributed by atoms with van der Waals surface area (Å²) < 4.78 is 5.61. The normalized spacial score (nSPS) is 11.2. The zero-order valence-electron chi connectivity index (χ0n) is 11.4. The molecule has 0 aliphatic carbocycles. The minimum atomic E-state index is 0.239. The van der Waals surface area contributed by atoms with E-state index in [1.165, 1.54) is 5.56 Å². The summed E-state index contributed by atoms with van der Waals surface area (Å²) in [5.74, 6) is 0.951. The van der Waals surface area contributed by atoms with Crippen LogP contribution in [0.15, 0.2) is 24.3 Å². The molecule has 1 rings (SSSR count). The summed E-state index contributed by atoms with van der Waals surface area (Å²) in [5.41, 5.74) is 1.35. The molecule has 1 N–H and O–H groups in total. The molecule has 0 aliphatic rings. The molecule has 0 unspecified atom stereocenters. The van der Waals surface area contributed by atoms with Gasteiger partial charge in [0.1, 0.15) is 5.75 Å². The van der Waals surface area contributed by atoms with E-state index >= 15 is 0 Å². The standard InChI is InChI=1S/C14H24N2O/c1-12(2)17-14-7-5-13(6-8-14)9-10-16(4)11-15-3/h5-8,12,15H,9-11H2,1-4H3. The van der Waals surface area contributed by atoms with Crippen LogP contribution >= 0.6 is 0 Å². The average Bonchev–Trinajstić information content (AvgIpc) is 2.28. The van der Waals surface area contributed by atoms with Crippen LogP contribution in [0.4, 0.5) is 0 Å². The second kappa shape index (κ2) is 7.30. The average molecular weight is 236 g/mol. The van der Waals surface area contributed by atoms with Crippen LogP contribution in [0.2, 0.25) is 0 Å². The van der Waals surface area contributed by atoms with Crippen LogP contribution in [0, 0.1) is 0 Å². The Morgan fingerprint density at radius 1 is 1.24 bits per heavy atom. The highest BCUT2D eigenvalue weighted by Crippen LogP contribution is 2.14. The van der Waals surface area contributed by atoms with Gasteiger partial charge in [0.2, 0.25) is 0 Å². The number of nitrogens with one attached hydrogen (secondary N) is 1. The summed E-state index contributed by atoms with van der Waals surface area (Å²) >= 11 is 0. The minimum absolute atomic E-state index is 0.239. The summed E-state index contributed by atoms with van der Waals surface area (Å²) in [6, 6.07) is 8.39. The van der Waals surface area contributed by atoms with E-state index in [2.05, 4.69) is 29.4 Å². The van der Waals surface area contributed by atoms with Crippen LogP contribution in [0.25, 0.3) is 0 Å². The van der Waals surface area contributed by atoms with Crippen molar-refractivity contribution < 1.29 is 4.74 Å². The molecule has 0 aromatic heterocycles. The summed E-state index contributed by atoms with van der Waals surface area (Å²) in [5, 5.41) is 3.14.